The monoisotopic (exact) mass is 355 g/mol. The quantitative estimate of drug-likeness (QED) is 0.405. The Morgan fingerprint density at radius 1 is 1.08 bits per heavy atom. The highest BCUT2D eigenvalue weighted by Gasteiger charge is 2.19. The predicted molar refractivity (Wildman–Crippen MR) is 92.5 cm³/mol. The molecule has 6 nitrogen and oxygen atoms in total. The fourth-order valence-corrected chi connectivity index (χ4v) is 2.38. The number of benzene rings is 2. The first-order valence-corrected chi connectivity index (χ1v) is 7.85. The van der Waals surface area contributed by atoms with E-state index in [9.17, 15) is 9.59 Å². The molecule has 0 saturated carbocycles. The number of nitrogens with zero attached hydrogens (tertiary/aromatic N) is 3. The van der Waals surface area contributed by atoms with Gasteiger partial charge in [-0.1, -0.05) is 17.7 Å². The van der Waals surface area contributed by atoms with Gasteiger partial charge in [0.05, 0.1) is 11.4 Å². The molecule has 2 aromatic carbocycles. The molecule has 126 valence electrons. The number of aryl methyl sites for hydroxylation is 1. The van der Waals surface area contributed by atoms with Gasteiger partial charge in [-0.15, -0.1) is 5.10 Å². The number of hydrogen-bond acceptors (Lipinski definition) is 5. The van der Waals surface area contributed by atoms with Gasteiger partial charge in [0.15, 0.2) is 11.5 Å². The molecule has 0 radical (unpaired) electrons. The average molecular weight is 356 g/mol. The summed E-state index contributed by atoms with van der Waals surface area (Å²) in [5, 5.41) is 8.95. The predicted octanol–water partition coefficient (Wildman–Crippen LogP) is 3.65. The molecule has 25 heavy (non-hydrogen) atoms. The summed E-state index contributed by atoms with van der Waals surface area (Å²) in [5.74, 6) is -0.355. The van der Waals surface area contributed by atoms with Crippen molar-refractivity contribution in [1.82, 2.24) is 15.0 Å². The van der Waals surface area contributed by atoms with Crippen LogP contribution in [0.5, 0.6) is 5.75 Å². The lowest BCUT2D eigenvalue weighted by molar-refractivity contribution is 0.0727. The maximum absolute atomic E-state index is 12.3. The van der Waals surface area contributed by atoms with E-state index in [1.807, 2.05) is 0 Å². The Labute approximate surface area is 149 Å². The Morgan fingerprint density at radius 3 is 2.44 bits per heavy atom. The number of carbonyl (C=O) groups excluding carboxylic acids is 2. The Bertz CT molecular complexity index is 948. The molecule has 3 rings (SSSR count). The number of ether oxygens (including phenoxy) is 1. The van der Waals surface area contributed by atoms with Crippen LogP contribution in [0.25, 0.3) is 5.69 Å². The number of hydrogen-bond donors (Lipinski definition) is 0. The molecule has 0 bridgehead atoms. The summed E-state index contributed by atoms with van der Waals surface area (Å²) < 4.78 is 5.30. The van der Waals surface area contributed by atoms with Crippen LogP contribution in [0.4, 0.5) is 0 Å². The van der Waals surface area contributed by atoms with Crippen molar-refractivity contribution in [3.63, 3.8) is 0 Å². The van der Waals surface area contributed by atoms with Crippen LogP contribution in [0, 0.1) is 6.92 Å². The summed E-state index contributed by atoms with van der Waals surface area (Å²) in [6, 6.07) is 13.3. The molecule has 7 heteroatoms. The summed E-state index contributed by atoms with van der Waals surface area (Å²) in [5.41, 5.74) is 1.73. The van der Waals surface area contributed by atoms with Gasteiger partial charge in [0.2, 0.25) is 0 Å². The van der Waals surface area contributed by atoms with Gasteiger partial charge in [-0.25, -0.2) is 4.79 Å². The molecule has 0 fully saturated rings. The van der Waals surface area contributed by atoms with E-state index in [2.05, 4.69) is 10.2 Å². The topological polar surface area (TPSA) is 74.1 Å². The summed E-state index contributed by atoms with van der Waals surface area (Å²) in [7, 11) is 0. The van der Waals surface area contributed by atoms with E-state index in [-0.39, 0.29) is 11.5 Å². The molecule has 0 spiro atoms. The third-order valence-corrected chi connectivity index (χ3v) is 3.72. The van der Waals surface area contributed by atoms with Crippen molar-refractivity contribution < 1.29 is 14.3 Å². The van der Waals surface area contributed by atoms with Crippen molar-refractivity contribution in [1.29, 1.82) is 0 Å². The normalized spacial score (nSPS) is 10.5. The van der Waals surface area contributed by atoms with E-state index in [0.717, 1.165) is 0 Å². The molecule has 0 aliphatic carbocycles. The molecular formula is C18H14ClN3O3. The van der Waals surface area contributed by atoms with Gasteiger partial charge in [-0.05, 0) is 56.3 Å². The number of ketones is 1. The van der Waals surface area contributed by atoms with Crippen LogP contribution >= 0.6 is 11.6 Å². The lowest BCUT2D eigenvalue weighted by atomic mass is 10.1. The minimum absolute atomic E-state index is 0.0572. The number of Topliss-reactive ketones (excluding diaryl/α,β-unsaturated/α-hetero) is 1. The van der Waals surface area contributed by atoms with E-state index >= 15 is 0 Å². The van der Waals surface area contributed by atoms with Crippen LogP contribution in [0.15, 0.2) is 48.5 Å². The third-order valence-electron chi connectivity index (χ3n) is 3.49. The zero-order chi connectivity index (χ0) is 18.0. The Kier molecular flexibility index (Phi) is 4.63. The smallest absolute Gasteiger partial charge is 0.366 e. The van der Waals surface area contributed by atoms with Gasteiger partial charge >= 0.3 is 5.97 Å². The van der Waals surface area contributed by atoms with Gasteiger partial charge in [-0.2, -0.15) is 9.90 Å². The summed E-state index contributed by atoms with van der Waals surface area (Å²) in [4.78, 5) is 24.9. The number of rotatable bonds is 4. The number of carbonyl (C=O) groups is 2. The first kappa shape index (κ1) is 16.9. The zero-order valence-corrected chi connectivity index (χ0v) is 14.3. The van der Waals surface area contributed by atoms with E-state index in [4.69, 9.17) is 16.3 Å². The molecule has 0 amide bonds. The maximum Gasteiger partial charge on any atom is 0.366 e. The number of halogens is 1. The molecule has 0 N–H and O–H groups in total. The van der Waals surface area contributed by atoms with Gasteiger partial charge in [0.1, 0.15) is 5.75 Å². The minimum atomic E-state index is -0.624. The maximum atomic E-state index is 12.3. The average Bonchev–Trinajstić information content (AvgIpc) is 2.97. The third kappa shape index (κ3) is 3.75. The second-order valence-corrected chi connectivity index (χ2v) is 5.81. The van der Waals surface area contributed by atoms with Crippen LogP contribution in [-0.4, -0.2) is 26.7 Å². The summed E-state index contributed by atoms with van der Waals surface area (Å²) in [6.45, 7) is 3.14. The second-order valence-electron chi connectivity index (χ2n) is 5.37. The molecule has 0 unspecified atom stereocenters. The van der Waals surface area contributed by atoms with Gasteiger partial charge in [0.25, 0.3) is 0 Å². The Morgan fingerprint density at radius 2 is 1.80 bits per heavy atom. The standard InChI is InChI=1S/C18H14ClN3O3/c1-11-17(21-22(20-11)15-5-3-4-14(19)10-15)18(24)25-16-8-6-13(7-9-16)12(2)23/h3-10H,1-2H3. The molecule has 1 aromatic heterocycles. The molecular weight excluding hydrogens is 342 g/mol. The fraction of sp³-hybridized carbons (Fsp3) is 0.111. The Balaban J connectivity index is 1.82. The molecule has 3 aromatic rings. The van der Waals surface area contributed by atoms with Gasteiger partial charge in [0, 0.05) is 10.6 Å². The van der Waals surface area contributed by atoms with Crippen molar-refractivity contribution in [2.75, 3.05) is 0 Å². The van der Waals surface area contributed by atoms with E-state index in [1.54, 1.807) is 55.5 Å². The van der Waals surface area contributed by atoms with Crippen molar-refractivity contribution >= 4 is 23.4 Å². The first-order valence-electron chi connectivity index (χ1n) is 7.47. The lowest BCUT2D eigenvalue weighted by Gasteiger charge is -2.03. The molecule has 1 heterocycles. The van der Waals surface area contributed by atoms with Crippen molar-refractivity contribution in [2.45, 2.75) is 13.8 Å². The van der Waals surface area contributed by atoms with Crippen molar-refractivity contribution in [3.8, 4) is 11.4 Å². The van der Waals surface area contributed by atoms with Crippen LogP contribution in [-0.2, 0) is 0 Å². The largest absolute Gasteiger partial charge is 0.422 e. The Hall–Kier alpha value is -2.99. The van der Waals surface area contributed by atoms with Crippen LogP contribution in [0.1, 0.15) is 33.5 Å². The minimum Gasteiger partial charge on any atom is -0.422 e. The van der Waals surface area contributed by atoms with E-state index in [1.165, 1.54) is 11.7 Å². The molecule has 0 atom stereocenters. The van der Waals surface area contributed by atoms with E-state index in [0.29, 0.717) is 27.7 Å². The lowest BCUT2D eigenvalue weighted by Crippen LogP contribution is -2.11. The number of esters is 1. The molecule has 0 saturated heterocycles. The van der Waals surface area contributed by atoms with Gasteiger partial charge < -0.3 is 4.74 Å². The summed E-state index contributed by atoms with van der Waals surface area (Å²) >= 11 is 5.96. The molecule has 0 aliphatic heterocycles. The first-order chi connectivity index (χ1) is 11.9. The van der Waals surface area contributed by atoms with E-state index < -0.39 is 5.97 Å². The highest BCUT2D eigenvalue weighted by molar-refractivity contribution is 6.30. The second kappa shape index (κ2) is 6.86. The highest BCUT2D eigenvalue weighted by Crippen LogP contribution is 2.17. The van der Waals surface area contributed by atoms with Crippen LogP contribution in [0.3, 0.4) is 0 Å². The van der Waals surface area contributed by atoms with Crippen LogP contribution in [0.2, 0.25) is 5.02 Å². The van der Waals surface area contributed by atoms with Crippen molar-refractivity contribution in [2.24, 2.45) is 0 Å². The zero-order valence-electron chi connectivity index (χ0n) is 13.6. The van der Waals surface area contributed by atoms with Crippen molar-refractivity contribution in [3.05, 3.63) is 70.5 Å². The fourth-order valence-electron chi connectivity index (χ4n) is 2.20. The SMILES string of the molecule is CC(=O)c1ccc(OC(=O)c2nn(-c3cccc(Cl)c3)nc2C)cc1. The molecule has 0 aliphatic rings. The number of aromatic nitrogens is 3. The van der Waals surface area contributed by atoms with Gasteiger partial charge in [-0.3, -0.25) is 4.79 Å². The van der Waals surface area contributed by atoms with Crippen LogP contribution < -0.4 is 4.74 Å². The highest BCUT2D eigenvalue weighted by atomic mass is 35.5. The summed E-state index contributed by atoms with van der Waals surface area (Å²) in [6.07, 6.45) is 0.